The minimum absolute atomic E-state index is 0.158. The molecule has 0 bridgehead atoms. The van der Waals surface area contributed by atoms with E-state index < -0.39 is 16.9 Å². The van der Waals surface area contributed by atoms with Crippen molar-refractivity contribution in [1.29, 1.82) is 0 Å². The van der Waals surface area contributed by atoms with E-state index in [4.69, 9.17) is 5.11 Å². The third-order valence-corrected chi connectivity index (χ3v) is 3.46. The Bertz CT molecular complexity index is 777. The number of rotatable bonds is 2. The summed E-state index contributed by atoms with van der Waals surface area (Å²) in [5.74, 6) is -1.60. The Labute approximate surface area is 109 Å². The molecule has 4 nitrogen and oxygen atoms in total. The molecule has 0 amide bonds. The Morgan fingerprint density at radius 3 is 2.58 bits per heavy atom. The molecule has 0 aliphatic heterocycles. The summed E-state index contributed by atoms with van der Waals surface area (Å²) in [5, 5.41) is 8.36. The molecular formula is C12H6F2N2O2S. The molecule has 0 spiro atoms. The first-order chi connectivity index (χ1) is 9.06. The standard InChI is InChI=1S/C12H6F2N2O2S/c13-7-3-1-6(2-4-7)9-10(14)19-12-15-8(11(17)18)5-16(9)12/h1-5H,(H,17,18). The van der Waals surface area contributed by atoms with Gasteiger partial charge in [-0.1, -0.05) is 11.3 Å². The quantitative estimate of drug-likeness (QED) is 0.785. The molecule has 3 rings (SSSR count). The van der Waals surface area contributed by atoms with Crippen LogP contribution in [0.4, 0.5) is 8.78 Å². The van der Waals surface area contributed by atoms with Gasteiger partial charge in [-0.25, -0.2) is 14.2 Å². The summed E-state index contributed by atoms with van der Waals surface area (Å²) in [6, 6.07) is 5.29. The van der Waals surface area contributed by atoms with Gasteiger partial charge in [0, 0.05) is 11.8 Å². The van der Waals surface area contributed by atoms with Gasteiger partial charge < -0.3 is 5.11 Å². The first kappa shape index (κ1) is 11.8. The Balaban J connectivity index is 2.24. The number of benzene rings is 1. The third-order valence-electron chi connectivity index (χ3n) is 2.62. The number of halogens is 2. The summed E-state index contributed by atoms with van der Waals surface area (Å²) < 4.78 is 28.1. The smallest absolute Gasteiger partial charge is 0.356 e. The largest absolute Gasteiger partial charge is 0.476 e. The lowest BCUT2D eigenvalue weighted by molar-refractivity contribution is 0.0691. The van der Waals surface area contributed by atoms with E-state index in [1.54, 1.807) is 0 Å². The Morgan fingerprint density at radius 2 is 1.95 bits per heavy atom. The molecule has 1 N–H and O–H groups in total. The second kappa shape index (κ2) is 4.13. The highest BCUT2D eigenvalue weighted by Crippen LogP contribution is 2.30. The summed E-state index contributed by atoms with van der Waals surface area (Å²) in [6.45, 7) is 0. The molecule has 0 atom stereocenters. The predicted molar refractivity (Wildman–Crippen MR) is 65.4 cm³/mol. The van der Waals surface area contributed by atoms with Crippen molar-refractivity contribution in [3.63, 3.8) is 0 Å². The molecule has 0 unspecified atom stereocenters. The number of aromatic carboxylic acids is 1. The van der Waals surface area contributed by atoms with Crippen LogP contribution in [0.1, 0.15) is 10.5 Å². The zero-order chi connectivity index (χ0) is 13.6. The molecule has 0 aliphatic carbocycles. The first-order valence-corrected chi connectivity index (χ1v) is 6.04. The number of fused-ring (bicyclic) bond motifs is 1. The van der Waals surface area contributed by atoms with Gasteiger partial charge in [-0.15, -0.1) is 0 Å². The van der Waals surface area contributed by atoms with Crippen molar-refractivity contribution in [2.75, 3.05) is 0 Å². The van der Waals surface area contributed by atoms with E-state index in [2.05, 4.69) is 4.98 Å². The zero-order valence-electron chi connectivity index (χ0n) is 9.30. The zero-order valence-corrected chi connectivity index (χ0v) is 10.1. The molecule has 0 aliphatic rings. The molecule has 96 valence electrons. The maximum atomic E-state index is 13.9. The minimum Gasteiger partial charge on any atom is -0.476 e. The number of thiazole rings is 1. The topological polar surface area (TPSA) is 54.6 Å². The Morgan fingerprint density at radius 1 is 1.26 bits per heavy atom. The van der Waals surface area contributed by atoms with Crippen LogP contribution in [0.2, 0.25) is 0 Å². The third kappa shape index (κ3) is 1.88. The highest BCUT2D eigenvalue weighted by Gasteiger charge is 2.18. The molecule has 19 heavy (non-hydrogen) atoms. The summed E-state index contributed by atoms with van der Waals surface area (Å²) >= 11 is 0.744. The van der Waals surface area contributed by atoms with E-state index in [0.717, 1.165) is 11.3 Å². The maximum absolute atomic E-state index is 13.9. The van der Waals surface area contributed by atoms with Crippen molar-refractivity contribution in [2.24, 2.45) is 0 Å². The van der Waals surface area contributed by atoms with Crippen molar-refractivity contribution in [3.8, 4) is 11.3 Å². The lowest BCUT2D eigenvalue weighted by Crippen LogP contribution is -1.95. The maximum Gasteiger partial charge on any atom is 0.356 e. The van der Waals surface area contributed by atoms with Crippen molar-refractivity contribution >= 4 is 22.3 Å². The van der Waals surface area contributed by atoms with Gasteiger partial charge in [0.05, 0.1) is 0 Å². The second-order valence-corrected chi connectivity index (χ2v) is 4.74. The average Bonchev–Trinajstić information content (AvgIpc) is 2.87. The monoisotopic (exact) mass is 280 g/mol. The predicted octanol–water partition coefficient (Wildman–Crippen LogP) is 3.04. The van der Waals surface area contributed by atoms with E-state index in [0.29, 0.717) is 5.56 Å². The molecule has 7 heteroatoms. The molecule has 0 saturated heterocycles. The number of hydrogen-bond acceptors (Lipinski definition) is 3. The van der Waals surface area contributed by atoms with Gasteiger partial charge in [0.1, 0.15) is 11.5 Å². The van der Waals surface area contributed by atoms with Crippen LogP contribution in [0.25, 0.3) is 16.2 Å². The molecule has 3 aromatic rings. The van der Waals surface area contributed by atoms with Gasteiger partial charge in [0.2, 0.25) is 5.13 Å². The van der Waals surface area contributed by atoms with Crippen LogP contribution in [0.15, 0.2) is 30.5 Å². The Kier molecular flexibility index (Phi) is 2.56. The number of imidazole rings is 1. The molecule has 0 radical (unpaired) electrons. The van der Waals surface area contributed by atoms with E-state index >= 15 is 0 Å². The minimum atomic E-state index is -1.18. The number of aromatic nitrogens is 2. The summed E-state index contributed by atoms with van der Waals surface area (Å²) in [4.78, 5) is 14.9. The lowest BCUT2D eigenvalue weighted by Gasteiger charge is -1.99. The van der Waals surface area contributed by atoms with Gasteiger partial charge in [0.25, 0.3) is 0 Å². The number of carbonyl (C=O) groups is 1. The van der Waals surface area contributed by atoms with Gasteiger partial charge >= 0.3 is 5.97 Å². The molecule has 0 fully saturated rings. The molecule has 0 saturated carbocycles. The fraction of sp³-hybridized carbons (Fsp3) is 0. The molecule has 1 aromatic carbocycles. The summed E-state index contributed by atoms with van der Waals surface area (Å²) in [7, 11) is 0. The number of carboxylic acid groups (broad SMARTS) is 1. The van der Waals surface area contributed by atoms with Crippen LogP contribution in [0, 0.1) is 10.9 Å². The van der Waals surface area contributed by atoms with E-state index in [1.807, 2.05) is 0 Å². The van der Waals surface area contributed by atoms with Gasteiger partial charge in [-0.3, -0.25) is 4.40 Å². The highest BCUT2D eigenvalue weighted by molar-refractivity contribution is 7.15. The van der Waals surface area contributed by atoms with Crippen LogP contribution in [-0.2, 0) is 0 Å². The van der Waals surface area contributed by atoms with E-state index in [1.165, 1.54) is 34.9 Å². The second-order valence-electron chi connectivity index (χ2n) is 3.82. The fourth-order valence-electron chi connectivity index (χ4n) is 1.78. The number of carboxylic acids is 1. The molecule has 2 heterocycles. The van der Waals surface area contributed by atoms with Crippen LogP contribution in [-0.4, -0.2) is 20.5 Å². The van der Waals surface area contributed by atoms with Crippen LogP contribution in [0.5, 0.6) is 0 Å². The van der Waals surface area contributed by atoms with Crippen molar-refractivity contribution in [2.45, 2.75) is 0 Å². The summed E-state index contributed by atoms with van der Waals surface area (Å²) in [6.07, 6.45) is 1.25. The van der Waals surface area contributed by atoms with E-state index in [9.17, 15) is 13.6 Å². The van der Waals surface area contributed by atoms with Crippen LogP contribution >= 0.6 is 11.3 Å². The Hall–Kier alpha value is -2.28. The molecular weight excluding hydrogens is 274 g/mol. The fourth-order valence-corrected chi connectivity index (χ4v) is 2.64. The lowest BCUT2D eigenvalue weighted by atomic mass is 10.2. The van der Waals surface area contributed by atoms with Crippen molar-refractivity contribution in [1.82, 2.24) is 9.38 Å². The van der Waals surface area contributed by atoms with E-state index in [-0.39, 0.29) is 16.3 Å². The number of hydrogen-bond donors (Lipinski definition) is 1. The van der Waals surface area contributed by atoms with Crippen molar-refractivity contribution < 1.29 is 18.7 Å². The number of nitrogens with zero attached hydrogens (tertiary/aromatic N) is 2. The SMILES string of the molecule is O=C(O)c1cn2c(-c3ccc(F)cc3)c(F)sc2n1. The first-order valence-electron chi connectivity index (χ1n) is 5.23. The van der Waals surface area contributed by atoms with Gasteiger partial charge in [-0.05, 0) is 24.3 Å². The highest BCUT2D eigenvalue weighted by atomic mass is 32.1. The average molecular weight is 280 g/mol. The molecule has 2 aromatic heterocycles. The summed E-state index contributed by atoms with van der Waals surface area (Å²) in [5.41, 5.74) is 0.481. The van der Waals surface area contributed by atoms with Gasteiger partial charge in [0.15, 0.2) is 10.7 Å². The van der Waals surface area contributed by atoms with Crippen LogP contribution < -0.4 is 0 Å². The van der Waals surface area contributed by atoms with Gasteiger partial charge in [-0.2, -0.15) is 4.39 Å². The normalized spacial score (nSPS) is 11.1. The van der Waals surface area contributed by atoms with Crippen molar-refractivity contribution in [3.05, 3.63) is 47.1 Å². The van der Waals surface area contributed by atoms with Crippen LogP contribution in [0.3, 0.4) is 0 Å².